The molecule has 0 amide bonds. The maximum absolute atomic E-state index is 9.12. The molecule has 1 unspecified atom stereocenters. The Labute approximate surface area is 108 Å². The van der Waals surface area contributed by atoms with E-state index < -0.39 is 0 Å². The van der Waals surface area contributed by atoms with Crippen LogP contribution in [0.15, 0.2) is 18.3 Å². The first-order chi connectivity index (χ1) is 8.81. The van der Waals surface area contributed by atoms with Crippen molar-refractivity contribution in [3.63, 3.8) is 0 Å². The summed E-state index contributed by atoms with van der Waals surface area (Å²) in [5, 5.41) is 12.3. The molecule has 2 heterocycles. The van der Waals surface area contributed by atoms with Gasteiger partial charge in [-0.3, -0.25) is 4.90 Å². The fourth-order valence-electron chi connectivity index (χ4n) is 2.14. The number of nitrogens with zero attached hydrogens (tertiary/aromatic N) is 2. The summed E-state index contributed by atoms with van der Waals surface area (Å²) in [4.78, 5) is 6.56. The van der Waals surface area contributed by atoms with E-state index in [1.165, 1.54) is 5.56 Å². The van der Waals surface area contributed by atoms with Crippen LogP contribution in [-0.4, -0.2) is 53.9 Å². The van der Waals surface area contributed by atoms with Crippen LogP contribution in [-0.2, 0) is 11.3 Å². The molecule has 2 N–H and O–H groups in total. The molecule has 0 bridgehead atoms. The average Bonchev–Trinajstić information content (AvgIpc) is 2.40. The molecular formula is C13H21N3O2. The van der Waals surface area contributed by atoms with E-state index in [-0.39, 0.29) is 12.7 Å². The fraction of sp³-hybridized carbons (Fsp3) is 0.615. The van der Waals surface area contributed by atoms with Gasteiger partial charge >= 0.3 is 0 Å². The summed E-state index contributed by atoms with van der Waals surface area (Å²) < 4.78 is 5.44. The number of aliphatic hydroxyl groups excluding tert-OH is 1. The summed E-state index contributed by atoms with van der Waals surface area (Å²) in [6.07, 6.45) is 1.78. The molecule has 1 saturated heterocycles. The SMILES string of the molecule is CCNc1cc(CN2CCOC(CO)C2)ccn1. The van der Waals surface area contributed by atoms with Gasteiger partial charge in [0.1, 0.15) is 5.82 Å². The first kappa shape index (κ1) is 13.3. The summed E-state index contributed by atoms with van der Waals surface area (Å²) in [5.74, 6) is 0.918. The summed E-state index contributed by atoms with van der Waals surface area (Å²) >= 11 is 0. The Morgan fingerprint density at radius 2 is 2.50 bits per heavy atom. The molecule has 1 fully saturated rings. The van der Waals surface area contributed by atoms with E-state index in [0.717, 1.165) is 32.0 Å². The van der Waals surface area contributed by atoms with Crippen molar-refractivity contribution >= 4 is 5.82 Å². The predicted molar refractivity (Wildman–Crippen MR) is 70.5 cm³/mol. The third kappa shape index (κ3) is 3.66. The van der Waals surface area contributed by atoms with E-state index >= 15 is 0 Å². The van der Waals surface area contributed by atoms with Crippen LogP contribution in [0.1, 0.15) is 12.5 Å². The lowest BCUT2D eigenvalue weighted by molar-refractivity contribution is -0.0551. The van der Waals surface area contributed by atoms with Crippen LogP contribution < -0.4 is 5.32 Å². The number of nitrogens with one attached hydrogen (secondary N) is 1. The van der Waals surface area contributed by atoms with Gasteiger partial charge in [-0.2, -0.15) is 0 Å². The topological polar surface area (TPSA) is 57.6 Å². The Morgan fingerprint density at radius 3 is 3.28 bits per heavy atom. The molecule has 1 aliphatic rings. The highest BCUT2D eigenvalue weighted by atomic mass is 16.5. The monoisotopic (exact) mass is 251 g/mol. The minimum absolute atomic E-state index is 0.0474. The molecule has 0 radical (unpaired) electrons. The van der Waals surface area contributed by atoms with E-state index in [2.05, 4.69) is 28.2 Å². The normalized spacial score (nSPS) is 20.9. The van der Waals surface area contributed by atoms with Gasteiger partial charge in [0.15, 0.2) is 0 Å². The molecule has 2 rings (SSSR count). The van der Waals surface area contributed by atoms with Crippen LogP contribution in [0.5, 0.6) is 0 Å². The second-order valence-corrected chi connectivity index (χ2v) is 4.49. The van der Waals surface area contributed by atoms with Crippen molar-refractivity contribution in [2.75, 3.05) is 38.2 Å². The van der Waals surface area contributed by atoms with Crippen LogP contribution in [0.2, 0.25) is 0 Å². The van der Waals surface area contributed by atoms with Crippen LogP contribution >= 0.6 is 0 Å². The minimum Gasteiger partial charge on any atom is -0.394 e. The Kier molecular flexibility index (Phi) is 4.92. The van der Waals surface area contributed by atoms with Gasteiger partial charge in [0.2, 0.25) is 0 Å². The van der Waals surface area contributed by atoms with Gasteiger partial charge in [0.25, 0.3) is 0 Å². The van der Waals surface area contributed by atoms with Crippen molar-refractivity contribution in [1.29, 1.82) is 0 Å². The molecule has 100 valence electrons. The van der Waals surface area contributed by atoms with Gasteiger partial charge in [-0.15, -0.1) is 0 Å². The highest BCUT2D eigenvalue weighted by molar-refractivity contribution is 5.37. The zero-order valence-corrected chi connectivity index (χ0v) is 10.8. The highest BCUT2D eigenvalue weighted by Crippen LogP contribution is 2.12. The molecule has 1 aromatic heterocycles. The molecule has 18 heavy (non-hydrogen) atoms. The first-order valence-corrected chi connectivity index (χ1v) is 6.45. The Balaban J connectivity index is 1.93. The lowest BCUT2D eigenvalue weighted by Crippen LogP contribution is -2.43. The maximum Gasteiger partial charge on any atom is 0.126 e. The van der Waals surface area contributed by atoms with Gasteiger partial charge in [0, 0.05) is 32.4 Å². The highest BCUT2D eigenvalue weighted by Gasteiger charge is 2.19. The number of anilines is 1. The molecule has 1 atom stereocenters. The van der Waals surface area contributed by atoms with Crippen molar-refractivity contribution < 1.29 is 9.84 Å². The summed E-state index contributed by atoms with van der Waals surface area (Å²) in [5.41, 5.74) is 1.24. The van der Waals surface area contributed by atoms with Gasteiger partial charge in [-0.25, -0.2) is 4.98 Å². The van der Waals surface area contributed by atoms with E-state index in [1.807, 2.05) is 12.3 Å². The number of aliphatic hydroxyl groups is 1. The van der Waals surface area contributed by atoms with Crippen molar-refractivity contribution in [3.05, 3.63) is 23.9 Å². The number of ether oxygens (including phenoxy) is 1. The van der Waals surface area contributed by atoms with Crippen molar-refractivity contribution in [2.45, 2.75) is 19.6 Å². The zero-order chi connectivity index (χ0) is 12.8. The summed E-state index contributed by atoms with van der Waals surface area (Å²) in [6.45, 7) is 6.29. The van der Waals surface area contributed by atoms with E-state index in [1.54, 1.807) is 0 Å². The first-order valence-electron chi connectivity index (χ1n) is 6.45. The van der Waals surface area contributed by atoms with E-state index in [9.17, 15) is 0 Å². The lowest BCUT2D eigenvalue weighted by atomic mass is 10.2. The maximum atomic E-state index is 9.12. The van der Waals surface area contributed by atoms with Gasteiger partial charge in [-0.1, -0.05) is 0 Å². The largest absolute Gasteiger partial charge is 0.394 e. The third-order valence-electron chi connectivity index (χ3n) is 3.01. The molecular weight excluding hydrogens is 230 g/mol. The average molecular weight is 251 g/mol. The number of pyridine rings is 1. The fourth-order valence-corrected chi connectivity index (χ4v) is 2.14. The van der Waals surface area contributed by atoms with E-state index in [0.29, 0.717) is 6.61 Å². The van der Waals surface area contributed by atoms with Crippen LogP contribution in [0.25, 0.3) is 0 Å². The number of aromatic nitrogens is 1. The molecule has 0 aromatic carbocycles. The van der Waals surface area contributed by atoms with Crippen molar-refractivity contribution in [1.82, 2.24) is 9.88 Å². The van der Waals surface area contributed by atoms with Crippen LogP contribution in [0, 0.1) is 0 Å². The predicted octanol–water partition coefficient (Wildman–Crippen LogP) is 0.706. The molecule has 1 aromatic rings. The van der Waals surface area contributed by atoms with Crippen molar-refractivity contribution in [3.8, 4) is 0 Å². The molecule has 5 heteroatoms. The minimum atomic E-state index is -0.0474. The summed E-state index contributed by atoms with van der Waals surface area (Å²) in [7, 11) is 0. The molecule has 5 nitrogen and oxygen atoms in total. The van der Waals surface area contributed by atoms with Gasteiger partial charge in [-0.05, 0) is 24.6 Å². The third-order valence-corrected chi connectivity index (χ3v) is 3.01. The Morgan fingerprint density at radius 1 is 1.61 bits per heavy atom. The molecule has 0 saturated carbocycles. The van der Waals surface area contributed by atoms with Crippen molar-refractivity contribution in [2.24, 2.45) is 0 Å². The Hall–Kier alpha value is -1.17. The second-order valence-electron chi connectivity index (χ2n) is 4.49. The van der Waals surface area contributed by atoms with Gasteiger partial charge in [0.05, 0.1) is 19.3 Å². The zero-order valence-electron chi connectivity index (χ0n) is 10.8. The van der Waals surface area contributed by atoms with Gasteiger partial charge < -0.3 is 15.2 Å². The van der Waals surface area contributed by atoms with Crippen LogP contribution in [0.4, 0.5) is 5.82 Å². The number of hydrogen-bond acceptors (Lipinski definition) is 5. The smallest absolute Gasteiger partial charge is 0.126 e. The Bertz CT molecular complexity index is 373. The number of hydrogen-bond donors (Lipinski definition) is 2. The molecule has 0 aliphatic carbocycles. The molecule has 0 spiro atoms. The lowest BCUT2D eigenvalue weighted by Gasteiger charge is -2.32. The van der Waals surface area contributed by atoms with Crippen LogP contribution in [0.3, 0.4) is 0 Å². The molecule has 1 aliphatic heterocycles. The quantitative estimate of drug-likeness (QED) is 0.807. The van der Waals surface area contributed by atoms with E-state index in [4.69, 9.17) is 9.84 Å². The summed E-state index contributed by atoms with van der Waals surface area (Å²) in [6, 6.07) is 4.11. The number of rotatable bonds is 5. The second kappa shape index (κ2) is 6.68. The standard InChI is InChI=1S/C13H21N3O2/c1-2-14-13-7-11(3-4-15-13)8-16-5-6-18-12(9-16)10-17/h3-4,7,12,17H,2,5-6,8-10H2,1H3,(H,14,15). The number of morpholine rings is 1.